The molecule has 0 bridgehead atoms. The molecule has 2 atom stereocenters. The van der Waals surface area contributed by atoms with E-state index in [1.807, 2.05) is 43.0 Å². The van der Waals surface area contributed by atoms with Gasteiger partial charge >= 0.3 is 6.09 Å². The third kappa shape index (κ3) is 7.00. The number of nitrogens with zero attached hydrogens (tertiary/aromatic N) is 2. The van der Waals surface area contributed by atoms with Gasteiger partial charge in [-0.15, -0.1) is 5.54 Å². The standard InChI is InChI=1S/C27H34N4O3Si/c1-19(2)24(30-27(33)34-3)26(32)31-16-9-11-23(31)25-28-18-22(29-25)21-14-12-20(13-15-21)10-7-8-17-35(4,5)6/h12-15,18-19,23-24H,9,11,16H2,1-6H3,(H,28,29)(H,30,33)/t23-,24-/m0/s1. The average molecular weight is 491 g/mol. The van der Waals surface area contributed by atoms with Crippen LogP contribution in [-0.4, -0.2) is 54.6 Å². The van der Waals surface area contributed by atoms with Crippen LogP contribution < -0.4 is 5.32 Å². The third-order valence-corrected chi connectivity index (χ3v) is 6.62. The Morgan fingerprint density at radius 2 is 1.91 bits per heavy atom. The van der Waals surface area contributed by atoms with Gasteiger partial charge in [-0.05, 0) is 48.3 Å². The van der Waals surface area contributed by atoms with Gasteiger partial charge in [0.25, 0.3) is 0 Å². The van der Waals surface area contributed by atoms with E-state index in [2.05, 4.69) is 58.2 Å². The summed E-state index contributed by atoms with van der Waals surface area (Å²) in [5.74, 6) is 9.55. The molecule has 1 saturated heterocycles. The molecule has 1 fully saturated rings. The first-order valence-electron chi connectivity index (χ1n) is 11.9. The molecular formula is C27H34N4O3Si. The van der Waals surface area contributed by atoms with E-state index in [1.54, 1.807) is 6.20 Å². The lowest BCUT2D eigenvalue weighted by molar-refractivity contribution is -0.135. The first-order chi connectivity index (χ1) is 16.6. The number of amides is 2. The second kappa shape index (κ2) is 11.3. The number of aromatic nitrogens is 2. The van der Waals surface area contributed by atoms with Gasteiger partial charge in [0.05, 0.1) is 25.0 Å². The van der Waals surface area contributed by atoms with Gasteiger partial charge in [-0.25, -0.2) is 9.78 Å². The molecule has 0 saturated carbocycles. The molecule has 0 radical (unpaired) electrons. The zero-order valence-electron chi connectivity index (χ0n) is 21.4. The second-order valence-electron chi connectivity index (χ2n) is 10.1. The molecule has 1 aliphatic heterocycles. The highest BCUT2D eigenvalue weighted by Gasteiger charge is 2.37. The van der Waals surface area contributed by atoms with Gasteiger partial charge in [0, 0.05) is 12.1 Å². The fourth-order valence-electron chi connectivity index (χ4n) is 3.90. The summed E-state index contributed by atoms with van der Waals surface area (Å²) in [5.41, 5.74) is 6.02. The lowest BCUT2D eigenvalue weighted by Gasteiger charge is -2.30. The van der Waals surface area contributed by atoms with Gasteiger partial charge in [-0.1, -0.05) is 51.5 Å². The molecule has 2 heterocycles. The number of methoxy groups -OCH3 is 1. The van der Waals surface area contributed by atoms with Crippen molar-refractivity contribution in [3.63, 3.8) is 0 Å². The van der Waals surface area contributed by atoms with Crippen molar-refractivity contribution in [1.82, 2.24) is 20.2 Å². The number of carbonyl (C=O) groups is 2. The number of aromatic amines is 1. The number of ether oxygens (including phenoxy) is 1. The maximum Gasteiger partial charge on any atom is 0.407 e. The van der Waals surface area contributed by atoms with Gasteiger partial charge in [0.2, 0.25) is 5.91 Å². The molecule has 2 N–H and O–H groups in total. The fraction of sp³-hybridized carbons (Fsp3) is 0.444. The van der Waals surface area contributed by atoms with Crippen molar-refractivity contribution in [3.8, 4) is 34.6 Å². The van der Waals surface area contributed by atoms with Crippen molar-refractivity contribution in [2.75, 3.05) is 13.7 Å². The number of H-pyrrole nitrogens is 1. The number of rotatable bonds is 5. The van der Waals surface area contributed by atoms with Gasteiger partial charge in [0.1, 0.15) is 19.9 Å². The monoisotopic (exact) mass is 490 g/mol. The van der Waals surface area contributed by atoms with Crippen molar-refractivity contribution >= 4 is 20.1 Å². The van der Waals surface area contributed by atoms with Crippen molar-refractivity contribution in [2.24, 2.45) is 5.92 Å². The molecule has 2 aromatic rings. The minimum Gasteiger partial charge on any atom is -0.453 e. The minimum absolute atomic E-state index is 0.0712. The molecule has 35 heavy (non-hydrogen) atoms. The Kier molecular flexibility index (Phi) is 8.42. The summed E-state index contributed by atoms with van der Waals surface area (Å²) in [7, 11) is -0.121. The summed E-state index contributed by atoms with van der Waals surface area (Å²) in [4.78, 5) is 34.8. The van der Waals surface area contributed by atoms with Crippen LogP contribution in [0.2, 0.25) is 19.6 Å². The van der Waals surface area contributed by atoms with Crippen LogP contribution in [0.5, 0.6) is 0 Å². The molecule has 1 aromatic carbocycles. The van der Waals surface area contributed by atoms with E-state index in [-0.39, 0.29) is 17.9 Å². The molecule has 8 heteroatoms. The number of imidazole rings is 1. The summed E-state index contributed by atoms with van der Waals surface area (Å²) < 4.78 is 4.70. The molecule has 184 valence electrons. The van der Waals surface area contributed by atoms with Gasteiger partial charge < -0.3 is 19.9 Å². The maximum absolute atomic E-state index is 13.3. The van der Waals surface area contributed by atoms with Crippen LogP contribution in [0.3, 0.4) is 0 Å². The van der Waals surface area contributed by atoms with Crippen LogP contribution in [0.4, 0.5) is 4.79 Å². The second-order valence-corrected chi connectivity index (χ2v) is 14.8. The van der Waals surface area contributed by atoms with Crippen LogP contribution in [0, 0.1) is 29.2 Å². The lowest BCUT2D eigenvalue weighted by atomic mass is 10.0. The van der Waals surface area contributed by atoms with Crippen LogP contribution in [-0.2, 0) is 9.53 Å². The predicted molar refractivity (Wildman–Crippen MR) is 140 cm³/mol. The number of benzene rings is 1. The molecular weight excluding hydrogens is 456 g/mol. The van der Waals surface area contributed by atoms with Crippen LogP contribution in [0.1, 0.15) is 44.1 Å². The Balaban J connectivity index is 1.73. The zero-order valence-corrected chi connectivity index (χ0v) is 22.4. The summed E-state index contributed by atoms with van der Waals surface area (Å²) in [6.07, 6.45) is 2.88. The smallest absolute Gasteiger partial charge is 0.407 e. The average Bonchev–Trinajstić information content (AvgIpc) is 3.49. The Bertz CT molecular complexity index is 1170. The van der Waals surface area contributed by atoms with E-state index in [4.69, 9.17) is 4.74 Å². The van der Waals surface area contributed by atoms with Crippen molar-refractivity contribution in [3.05, 3.63) is 41.9 Å². The van der Waals surface area contributed by atoms with E-state index >= 15 is 0 Å². The summed E-state index contributed by atoms with van der Waals surface area (Å²) >= 11 is 0. The molecule has 0 aliphatic carbocycles. The number of hydrogen-bond acceptors (Lipinski definition) is 4. The largest absolute Gasteiger partial charge is 0.453 e. The summed E-state index contributed by atoms with van der Waals surface area (Å²) in [5, 5.41) is 2.68. The van der Waals surface area contributed by atoms with Crippen LogP contribution in [0.15, 0.2) is 30.5 Å². The highest BCUT2D eigenvalue weighted by atomic mass is 28.3. The maximum atomic E-state index is 13.3. The highest BCUT2D eigenvalue weighted by Crippen LogP contribution is 2.32. The van der Waals surface area contributed by atoms with E-state index in [0.717, 1.165) is 35.5 Å². The normalized spacial score (nSPS) is 16.1. The van der Waals surface area contributed by atoms with Crippen LogP contribution >= 0.6 is 0 Å². The topological polar surface area (TPSA) is 87.3 Å². The van der Waals surface area contributed by atoms with Crippen molar-refractivity contribution in [2.45, 2.75) is 58.4 Å². The molecule has 0 unspecified atom stereocenters. The lowest BCUT2D eigenvalue weighted by Crippen LogP contribution is -2.51. The highest BCUT2D eigenvalue weighted by molar-refractivity contribution is 6.83. The number of alkyl carbamates (subject to hydrolysis) is 1. The molecule has 2 amide bonds. The van der Waals surface area contributed by atoms with Gasteiger partial charge in [-0.2, -0.15) is 0 Å². The minimum atomic E-state index is -1.41. The Labute approximate surface area is 209 Å². The van der Waals surface area contributed by atoms with E-state index in [1.165, 1.54) is 7.11 Å². The summed E-state index contributed by atoms with van der Waals surface area (Å²) in [6.45, 7) is 11.0. The number of hydrogen-bond donors (Lipinski definition) is 2. The number of likely N-dealkylation sites (tertiary alicyclic amines) is 1. The van der Waals surface area contributed by atoms with E-state index < -0.39 is 20.2 Å². The van der Waals surface area contributed by atoms with Gasteiger partial charge in [-0.3, -0.25) is 4.79 Å². The Hall–Kier alpha value is -3.49. The molecule has 3 rings (SSSR count). The molecule has 1 aliphatic rings. The van der Waals surface area contributed by atoms with Gasteiger partial charge in [0.15, 0.2) is 0 Å². The Morgan fingerprint density at radius 3 is 2.54 bits per heavy atom. The van der Waals surface area contributed by atoms with Crippen molar-refractivity contribution in [1.29, 1.82) is 0 Å². The quantitative estimate of drug-likeness (QED) is 0.482. The van der Waals surface area contributed by atoms with E-state index in [0.29, 0.717) is 6.54 Å². The zero-order chi connectivity index (χ0) is 25.6. The van der Waals surface area contributed by atoms with Crippen molar-refractivity contribution < 1.29 is 14.3 Å². The third-order valence-electron chi connectivity index (χ3n) is 5.74. The summed E-state index contributed by atoms with van der Waals surface area (Å²) in [6, 6.07) is 7.13. The predicted octanol–water partition coefficient (Wildman–Crippen LogP) is 4.35. The number of nitrogens with one attached hydrogen (secondary N) is 2. The molecule has 0 spiro atoms. The fourth-order valence-corrected chi connectivity index (χ4v) is 4.34. The van der Waals surface area contributed by atoms with Crippen LogP contribution in [0.25, 0.3) is 11.3 Å². The first-order valence-corrected chi connectivity index (χ1v) is 15.4. The molecule has 1 aromatic heterocycles. The SMILES string of the molecule is COC(=O)N[C@H](C(=O)N1CCC[C@H]1c1ncc(-c2ccc(C#CC#C[Si](C)(C)C)cc2)[nH]1)C(C)C. The van der Waals surface area contributed by atoms with E-state index in [9.17, 15) is 9.59 Å². The number of carbonyl (C=O) groups excluding carboxylic acids is 2. The molecule has 7 nitrogen and oxygen atoms in total. The Morgan fingerprint density at radius 1 is 1.20 bits per heavy atom. The first kappa shape index (κ1) is 26.1.